The SMILES string of the molecule is CC1CCC(n2c(CC(N)=NO)nc3ccccc32)CC1. The lowest BCUT2D eigenvalue weighted by molar-refractivity contribution is 0.290. The average Bonchev–Trinajstić information content (AvgIpc) is 2.86. The predicted octanol–water partition coefficient (Wildman–Crippen LogP) is 3.08. The summed E-state index contributed by atoms with van der Waals surface area (Å²) >= 11 is 0. The van der Waals surface area contributed by atoms with Gasteiger partial charge in [0.05, 0.1) is 17.5 Å². The maximum absolute atomic E-state index is 8.83. The molecule has 1 aliphatic rings. The van der Waals surface area contributed by atoms with Crippen LogP contribution in [0.15, 0.2) is 29.4 Å². The molecule has 0 aliphatic heterocycles. The highest BCUT2D eigenvalue weighted by Gasteiger charge is 2.24. The van der Waals surface area contributed by atoms with Gasteiger partial charge in [0.1, 0.15) is 11.7 Å². The Kier molecular flexibility index (Phi) is 3.82. The van der Waals surface area contributed by atoms with Crippen LogP contribution in [0, 0.1) is 5.92 Å². The lowest BCUT2D eigenvalue weighted by atomic mass is 9.87. The molecule has 3 N–H and O–H groups in total. The number of para-hydroxylation sites is 2. The molecule has 2 aromatic rings. The first-order valence-electron chi connectivity index (χ1n) is 7.61. The lowest BCUT2D eigenvalue weighted by Gasteiger charge is -2.29. The highest BCUT2D eigenvalue weighted by atomic mass is 16.4. The standard InChI is InChI=1S/C16H22N4O/c1-11-6-8-12(9-7-11)20-14-5-3-2-4-13(14)18-16(20)10-15(17)19-21/h2-5,11-12,21H,6-10H2,1H3,(H2,17,19). The number of amidine groups is 1. The van der Waals surface area contributed by atoms with Crippen molar-refractivity contribution in [1.29, 1.82) is 0 Å². The first-order valence-corrected chi connectivity index (χ1v) is 7.61. The van der Waals surface area contributed by atoms with Crippen LogP contribution < -0.4 is 5.73 Å². The van der Waals surface area contributed by atoms with Gasteiger partial charge in [-0.25, -0.2) is 4.98 Å². The Hall–Kier alpha value is -2.04. The molecule has 0 spiro atoms. The van der Waals surface area contributed by atoms with Crippen molar-refractivity contribution in [3.63, 3.8) is 0 Å². The Morgan fingerprint density at radius 2 is 2.05 bits per heavy atom. The van der Waals surface area contributed by atoms with Crippen LogP contribution in [0.5, 0.6) is 0 Å². The van der Waals surface area contributed by atoms with E-state index in [9.17, 15) is 0 Å². The molecule has 1 heterocycles. The largest absolute Gasteiger partial charge is 0.409 e. The Labute approximate surface area is 124 Å². The number of rotatable bonds is 3. The predicted molar refractivity (Wildman–Crippen MR) is 83.5 cm³/mol. The summed E-state index contributed by atoms with van der Waals surface area (Å²) in [6.07, 6.45) is 5.23. The van der Waals surface area contributed by atoms with Gasteiger partial charge in [-0.2, -0.15) is 0 Å². The van der Waals surface area contributed by atoms with E-state index in [0.29, 0.717) is 12.5 Å². The second kappa shape index (κ2) is 5.76. The molecule has 1 aromatic carbocycles. The number of hydrogen-bond donors (Lipinski definition) is 2. The number of imidazole rings is 1. The number of oxime groups is 1. The third-order valence-corrected chi connectivity index (χ3v) is 4.49. The molecule has 112 valence electrons. The fourth-order valence-corrected chi connectivity index (χ4v) is 3.32. The van der Waals surface area contributed by atoms with E-state index >= 15 is 0 Å². The van der Waals surface area contributed by atoms with Gasteiger partial charge in [0.15, 0.2) is 0 Å². The Morgan fingerprint density at radius 1 is 1.33 bits per heavy atom. The van der Waals surface area contributed by atoms with Crippen molar-refractivity contribution in [2.45, 2.75) is 45.1 Å². The summed E-state index contributed by atoms with van der Waals surface area (Å²) in [6, 6.07) is 8.63. The van der Waals surface area contributed by atoms with E-state index in [2.05, 4.69) is 27.7 Å². The number of hydrogen-bond acceptors (Lipinski definition) is 3. The van der Waals surface area contributed by atoms with Crippen molar-refractivity contribution in [2.75, 3.05) is 0 Å². The zero-order valence-corrected chi connectivity index (χ0v) is 12.4. The van der Waals surface area contributed by atoms with Crippen molar-refractivity contribution < 1.29 is 5.21 Å². The van der Waals surface area contributed by atoms with Crippen molar-refractivity contribution >= 4 is 16.9 Å². The van der Waals surface area contributed by atoms with Crippen LogP contribution in [0.25, 0.3) is 11.0 Å². The molecule has 1 saturated carbocycles. The van der Waals surface area contributed by atoms with Crippen LogP contribution in [0.2, 0.25) is 0 Å². The fraction of sp³-hybridized carbons (Fsp3) is 0.500. The van der Waals surface area contributed by atoms with E-state index in [0.717, 1.165) is 22.8 Å². The van der Waals surface area contributed by atoms with Gasteiger partial charge in [0.25, 0.3) is 0 Å². The minimum Gasteiger partial charge on any atom is -0.409 e. The van der Waals surface area contributed by atoms with Crippen LogP contribution >= 0.6 is 0 Å². The van der Waals surface area contributed by atoms with Gasteiger partial charge in [-0.15, -0.1) is 0 Å². The topological polar surface area (TPSA) is 76.4 Å². The summed E-state index contributed by atoms with van der Waals surface area (Å²) in [5.74, 6) is 1.91. The van der Waals surface area contributed by atoms with E-state index in [4.69, 9.17) is 10.9 Å². The Balaban J connectivity index is 2.03. The van der Waals surface area contributed by atoms with Crippen molar-refractivity contribution in [3.05, 3.63) is 30.1 Å². The van der Waals surface area contributed by atoms with Crippen LogP contribution in [-0.2, 0) is 6.42 Å². The van der Waals surface area contributed by atoms with Gasteiger partial charge >= 0.3 is 0 Å². The van der Waals surface area contributed by atoms with Gasteiger partial charge in [-0.3, -0.25) is 0 Å². The molecule has 0 atom stereocenters. The van der Waals surface area contributed by atoms with Gasteiger partial charge in [0, 0.05) is 6.04 Å². The lowest BCUT2D eigenvalue weighted by Crippen LogP contribution is -2.22. The van der Waals surface area contributed by atoms with E-state index in [1.54, 1.807) is 0 Å². The zero-order chi connectivity index (χ0) is 14.8. The Bertz CT molecular complexity index is 653. The summed E-state index contributed by atoms with van der Waals surface area (Å²) < 4.78 is 2.30. The molecular formula is C16H22N4O. The molecule has 1 aromatic heterocycles. The van der Waals surface area contributed by atoms with E-state index in [1.165, 1.54) is 25.7 Å². The van der Waals surface area contributed by atoms with Crippen molar-refractivity contribution in [3.8, 4) is 0 Å². The van der Waals surface area contributed by atoms with Crippen LogP contribution in [0.3, 0.4) is 0 Å². The van der Waals surface area contributed by atoms with Gasteiger partial charge < -0.3 is 15.5 Å². The third kappa shape index (κ3) is 2.73. The second-order valence-electron chi connectivity index (χ2n) is 6.07. The number of benzene rings is 1. The van der Waals surface area contributed by atoms with Gasteiger partial charge in [0.2, 0.25) is 0 Å². The minimum absolute atomic E-state index is 0.204. The molecular weight excluding hydrogens is 264 g/mol. The number of aromatic nitrogens is 2. The first-order chi connectivity index (χ1) is 10.2. The van der Waals surface area contributed by atoms with E-state index < -0.39 is 0 Å². The molecule has 3 rings (SSSR count). The highest BCUT2D eigenvalue weighted by molar-refractivity contribution is 5.83. The average molecular weight is 286 g/mol. The summed E-state index contributed by atoms with van der Waals surface area (Å²) in [7, 11) is 0. The zero-order valence-electron chi connectivity index (χ0n) is 12.4. The number of fused-ring (bicyclic) bond motifs is 1. The third-order valence-electron chi connectivity index (χ3n) is 4.49. The normalized spacial score (nSPS) is 23.6. The summed E-state index contributed by atoms with van der Waals surface area (Å²) in [4.78, 5) is 4.69. The molecule has 5 heteroatoms. The highest BCUT2D eigenvalue weighted by Crippen LogP contribution is 2.35. The molecule has 0 bridgehead atoms. The van der Waals surface area contributed by atoms with Crippen LogP contribution in [-0.4, -0.2) is 20.6 Å². The molecule has 1 fully saturated rings. The monoisotopic (exact) mass is 286 g/mol. The molecule has 5 nitrogen and oxygen atoms in total. The molecule has 1 aliphatic carbocycles. The molecule has 0 unspecified atom stereocenters. The number of nitrogens with two attached hydrogens (primary N) is 1. The number of nitrogens with zero attached hydrogens (tertiary/aromatic N) is 3. The summed E-state index contributed by atoms with van der Waals surface area (Å²) in [5.41, 5.74) is 7.83. The van der Waals surface area contributed by atoms with Crippen LogP contribution in [0.4, 0.5) is 0 Å². The maximum atomic E-state index is 8.83. The van der Waals surface area contributed by atoms with Gasteiger partial charge in [-0.1, -0.05) is 24.2 Å². The second-order valence-corrected chi connectivity index (χ2v) is 6.07. The Morgan fingerprint density at radius 3 is 2.76 bits per heavy atom. The van der Waals surface area contributed by atoms with E-state index in [1.807, 2.05) is 18.2 Å². The quantitative estimate of drug-likeness (QED) is 0.394. The fourth-order valence-electron chi connectivity index (χ4n) is 3.32. The van der Waals surface area contributed by atoms with Gasteiger partial charge in [-0.05, 0) is 43.7 Å². The smallest absolute Gasteiger partial charge is 0.146 e. The molecule has 0 amide bonds. The first kappa shape index (κ1) is 13.9. The van der Waals surface area contributed by atoms with Crippen LogP contribution in [0.1, 0.15) is 44.5 Å². The summed E-state index contributed by atoms with van der Waals surface area (Å²) in [5, 5.41) is 11.9. The summed E-state index contributed by atoms with van der Waals surface area (Å²) in [6.45, 7) is 2.32. The van der Waals surface area contributed by atoms with Crippen molar-refractivity contribution in [2.24, 2.45) is 16.8 Å². The van der Waals surface area contributed by atoms with E-state index in [-0.39, 0.29) is 5.84 Å². The molecule has 0 saturated heterocycles. The molecule has 0 radical (unpaired) electrons. The molecule has 21 heavy (non-hydrogen) atoms. The maximum Gasteiger partial charge on any atom is 0.146 e. The van der Waals surface area contributed by atoms with Crippen molar-refractivity contribution in [1.82, 2.24) is 9.55 Å². The minimum atomic E-state index is 0.204.